The molecule has 8 heteroatoms. The van der Waals surface area contributed by atoms with Gasteiger partial charge in [-0.15, -0.1) is 0 Å². The second kappa shape index (κ2) is 8.63. The Morgan fingerprint density at radius 1 is 1.11 bits per heavy atom. The molecule has 0 aliphatic carbocycles. The highest BCUT2D eigenvalue weighted by Crippen LogP contribution is 2.15. The molecule has 3 rings (SSSR count). The first kappa shape index (κ1) is 18.8. The van der Waals surface area contributed by atoms with E-state index in [1.54, 1.807) is 18.2 Å². The highest BCUT2D eigenvalue weighted by atomic mass is 16.5. The number of amides is 2. The van der Waals surface area contributed by atoms with Gasteiger partial charge in [-0.05, 0) is 36.4 Å². The first-order chi connectivity index (χ1) is 13.5. The van der Waals surface area contributed by atoms with E-state index in [-0.39, 0.29) is 12.5 Å². The van der Waals surface area contributed by atoms with Crippen LogP contribution in [0.25, 0.3) is 17.2 Å². The summed E-state index contributed by atoms with van der Waals surface area (Å²) in [5.41, 5.74) is 2.22. The van der Waals surface area contributed by atoms with E-state index in [2.05, 4.69) is 20.4 Å². The topological polar surface area (TPSA) is 111 Å². The number of para-hydroxylation sites is 2. The normalized spacial score (nSPS) is 10.8. The second-order valence-corrected chi connectivity index (χ2v) is 5.68. The summed E-state index contributed by atoms with van der Waals surface area (Å²) in [6, 6.07) is 13.5. The summed E-state index contributed by atoms with van der Waals surface area (Å²) in [5.74, 6) is -0.999. The van der Waals surface area contributed by atoms with Gasteiger partial charge in [-0.2, -0.15) is 0 Å². The molecule has 8 nitrogen and oxygen atoms in total. The van der Waals surface area contributed by atoms with Gasteiger partial charge < -0.3 is 19.8 Å². The number of rotatable bonds is 6. The van der Waals surface area contributed by atoms with Gasteiger partial charge in [-0.1, -0.05) is 12.1 Å². The van der Waals surface area contributed by atoms with Crippen LogP contribution >= 0.6 is 0 Å². The van der Waals surface area contributed by atoms with Gasteiger partial charge in [0.25, 0.3) is 5.91 Å². The molecule has 0 atom stereocenters. The van der Waals surface area contributed by atoms with Gasteiger partial charge in [-0.3, -0.25) is 14.4 Å². The number of carbonyl (C=O) groups is 3. The molecule has 3 aromatic rings. The van der Waals surface area contributed by atoms with E-state index in [0.717, 1.165) is 0 Å². The van der Waals surface area contributed by atoms with E-state index >= 15 is 0 Å². The number of hydrogen-bond acceptors (Lipinski definition) is 6. The van der Waals surface area contributed by atoms with Crippen LogP contribution in [0.1, 0.15) is 16.2 Å². The Hall–Kier alpha value is -3.94. The predicted molar refractivity (Wildman–Crippen MR) is 102 cm³/mol. The number of anilines is 1. The van der Waals surface area contributed by atoms with Crippen LogP contribution in [0.2, 0.25) is 0 Å². The minimum Gasteiger partial charge on any atom is -0.468 e. The van der Waals surface area contributed by atoms with Gasteiger partial charge >= 0.3 is 5.97 Å². The maximum Gasteiger partial charge on any atom is 0.325 e. The molecule has 2 amide bonds. The van der Waals surface area contributed by atoms with Crippen LogP contribution in [0.15, 0.2) is 59.0 Å². The van der Waals surface area contributed by atoms with Crippen LogP contribution in [0.4, 0.5) is 5.69 Å². The molecule has 1 aromatic heterocycles. The van der Waals surface area contributed by atoms with Gasteiger partial charge in [-0.25, -0.2) is 4.98 Å². The van der Waals surface area contributed by atoms with Crippen molar-refractivity contribution in [1.82, 2.24) is 10.3 Å². The highest BCUT2D eigenvalue weighted by molar-refractivity contribution is 6.02. The third-order valence-electron chi connectivity index (χ3n) is 3.72. The Balaban J connectivity index is 1.56. The van der Waals surface area contributed by atoms with Crippen molar-refractivity contribution in [1.29, 1.82) is 0 Å². The summed E-state index contributed by atoms with van der Waals surface area (Å²) < 4.78 is 9.96. The van der Waals surface area contributed by atoms with Crippen molar-refractivity contribution in [3.05, 3.63) is 66.1 Å². The summed E-state index contributed by atoms with van der Waals surface area (Å²) in [6.45, 7) is -0.214. The van der Waals surface area contributed by atoms with Crippen LogP contribution in [0.5, 0.6) is 0 Å². The maximum absolute atomic E-state index is 12.0. The summed E-state index contributed by atoms with van der Waals surface area (Å²) in [4.78, 5) is 39.2. The van der Waals surface area contributed by atoms with Crippen molar-refractivity contribution in [3.8, 4) is 0 Å². The highest BCUT2D eigenvalue weighted by Gasteiger charge is 2.08. The Morgan fingerprint density at radius 3 is 2.57 bits per heavy atom. The zero-order chi connectivity index (χ0) is 19.9. The van der Waals surface area contributed by atoms with E-state index in [0.29, 0.717) is 28.2 Å². The lowest BCUT2D eigenvalue weighted by molar-refractivity contribution is -0.139. The minimum absolute atomic E-state index is 0.214. The van der Waals surface area contributed by atoms with Crippen molar-refractivity contribution in [2.24, 2.45) is 0 Å². The predicted octanol–water partition coefficient (Wildman–Crippen LogP) is 2.38. The number of hydrogen-bond donors (Lipinski definition) is 2. The summed E-state index contributed by atoms with van der Waals surface area (Å²) in [7, 11) is 1.24. The Bertz CT molecular complexity index is 1000. The molecular formula is C20H17N3O5. The number of benzene rings is 2. The lowest BCUT2D eigenvalue weighted by atomic mass is 10.2. The quantitative estimate of drug-likeness (QED) is 0.503. The minimum atomic E-state index is -0.539. The number of nitrogens with zero attached hydrogens (tertiary/aromatic N) is 1. The molecule has 142 valence electrons. The SMILES string of the molecule is COC(=O)CNC(=O)c1ccc(NC(=O)/C=C/c2nc3ccccc3o2)cc1. The number of oxazole rings is 1. The molecular weight excluding hydrogens is 362 g/mol. The van der Waals surface area contributed by atoms with Crippen LogP contribution in [0, 0.1) is 0 Å². The van der Waals surface area contributed by atoms with Crippen LogP contribution < -0.4 is 10.6 Å². The van der Waals surface area contributed by atoms with Crippen LogP contribution in [-0.2, 0) is 14.3 Å². The van der Waals surface area contributed by atoms with Crippen molar-refractivity contribution in [2.45, 2.75) is 0 Å². The Morgan fingerprint density at radius 2 is 1.86 bits per heavy atom. The average Bonchev–Trinajstić information content (AvgIpc) is 3.14. The van der Waals surface area contributed by atoms with E-state index in [1.165, 1.54) is 31.4 Å². The molecule has 0 unspecified atom stereocenters. The molecule has 0 aliphatic heterocycles. The van der Waals surface area contributed by atoms with Gasteiger partial charge in [0, 0.05) is 23.4 Å². The fourth-order valence-corrected chi connectivity index (χ4v) is 2.32. The molecule has 0 spiro atoms. The molecule has 0 aliphatic rings. The van der Waals surface area contributed by atoms with E-state index < -0.39 is 11.9 Å². The van der Waals surface area contributed by atoms with Crippen molar-refractivity contribution in [3.63, 3.8) is 0 Å². The first-order valence-corrected chi connectivity index (χ1v) is 8.35. The molecule has 2 N–H and O–H groups in total. The lowest BCUT2D eigenvalue weighted by Crippen LogP contribution is -2.30. The summed E-state index contributed by atoms with van der Waals surface area (Å²) in [5, 5.41) is 5.10. The number of methoxy groups -OCH3 is 1. The van der Waals surface area contributed by atoms with Crippen molar-refractivity contribution >= 4 is 40.6 Å². The van der Waals surface area contributed by atoms with E-state index in [1.807, 2.05) is 18.2 Å². The maximum atomic E-state index is 12.0. The number of aromatic nitrogens is 1. The van der Waals surface area contributed by atoms with Gasteiger partial charge in [0.2, 0.25) is 11.8 Å². The average molecular weight is 379 g/mol. The molecule has 0 fully saturated rings. The van der Waals surface area contributed by atoms with E-state index in [4.69, 9.17) is 4.42 Å². The first-order valence-electron chi connectivity index (χ1n) is 8.35. The summed E-state index contributed by atoms with van der Waals surface area (Å²) >= 11 is 0. The standard InChI is InChI=1S/C20H17N3O5/c1-27-19(25)12-21-20(26)13-6-8-14(9-7-13)22-17(24)10-11-18-23-15-4-2-3-5-16(15)28-18/h2-11H,12H2,1H3,(H,21,26)(H,22,24)/b11-10+. The van der Waals surface area contributed by atoms with Crippen LogP contribution in [-0.4, -0.2) is 36.4 Å². The fraction of sp³-hybridized carbons (Fsp3) is 0.100. The number of fused-ring (bicyclic) bond motifs is 1. The third kappa shape index (κ3) is 4.82. The second-order valence-electron chi connectivity index (χ2n) is 5.68. The molecule has 0 bridgehead atoms. The van der Waals surface area contributed by atoms with Gasteiger partial charge in [0.1, 0.15) is 12.1 Å². The molecule has 2 aromatic carbocycles. The zero-order valence-electron chi connectivity index (χ0n) is 15.0. The monoisotopic (exact) mass is 379 g/mol. The Kier molecular flexibility index (Phi) is 5.81. The largest absolute Gasteiger partial charge is 0.468 e. The summed E-state index contributed by atoms with van der Waals surface area (Å²) in [6.07, 6.45) is 2.78. The third-order valence-corrected chi connectivity index (χ3v) is 3.72. The molecule has 0 radical (unpaired) electrons. The van der Waals surface area contributed by atoms with Gasteiger partial charge in [0.05, 0.1) is 7.11 Å². The van der Waals surface area contributed by atoms with Crippen molar-refractivity contribution < 1.29 is 23.5 Å². The lowest BCUT2D eigenvalue weighted by Gasteiger charge is -2.06. The molecule has 1 heterocycles. The van der Waals surface area contributed by atoms with Crippen molar-refractivity contribution in [2.75, 3.05) is 19.0 Å². The smallest absolute Gasteiger partial charge is 0.325 e. The van der Waals surface area contributed by atoms with E-state index in [9.17, 15) is 14.4 Å². The number of ether oxygens (including phenoxy) is 1. The number of carbonyl (C=O) groups excluding carboxylic acids is 3. The zero-order valence-corrected chi connectivity index (χ0v) is 15.0. The molecule has 28 heavy (non-hydrogen) atoms. The Labute approximate surface area is 160 Å². The van der Waals surface area contributed by atoms with Gasteiger partial charge in [0.15, 0.2) is 5.58 Å². The molecule has 0 saturated carbocycles. The van der Waals surface area contributed by atoms with Crippen LogP contribution in [0.3, 0.4) is 0 Å². The number of esters is 1. The number of nitrogens with one attached hydrogen (secondary N) is 2. The molecule has 0 saturated heterocycles. The fourth-order valence-electron chi connectivity index (χ4n) is 2.32.